The molecule has 0 fully saturated rings. The van der Waals surface area contributed by atoms with Gasteiger partial charge < -0.3 is 14.7 Å². The zero-order chi connectivity index (χ0) is 15.1. The number of hydrogen-bond donors (Lipinski definition) is 1. The summed E-state index contributed by atoms with van der Waals surface area (Å²) >= 11 is 5.89. The first-order chi connectivity index (χ1) is 9.49. The first-order valence-corrected chi connectivity index (χ1v) is 7.19. The quantitative estimate of drug-likeness (QED) is 0.842. The van der Waals surface area contributed by atoms with Gasteiger partial charge in [0, 0.05) is 18.1 Å². The highest BCUT2D eigenvalue weighted by Crippen LogP contribution is 2.23. The van der Waals surface area contributed by atoms with Crippen molar-refractivity contribution in [2.75, 3.05) is 19.7 Å². The number of aryl methyl sites for hydroxylation is 1. The molecule has 5 heteroatoms. The molecule has 1 rings (SSSR count). The lowest BCUT2D eigenvalue weighted by molar-refractivity contribution is -0.138. The summed E-state index contributed by atoms with van der Waals surface area (Å²) in [7, 11) is 0. The third-order valence-electron chi connectivity index (χ3n) is 2.96. The van der Waals surface area contributed by atoms with E-state index < -0.39 is 6.10 Å². The molecule has 4 nitrogen and oxygen atoms in total. The standard InChI is InChI=1S/C15H22ClNO3/c1-4-7-17(8-9-18)15(19)12(3)20-14-6-5-13(16)10-11(14)2/h5-6,10,12,18H,4,7-9H2,1-3H3. The van der Waals surface area contributed by atoms with Gasteiger partial charge in [-0.25, -0.2) is 0 Å². The lowest BCUT2D eigenvalue weighted by Gasteiger charge is -2.25. The third kappa shape index (κ3) is 4.69. The molecule has 1 aromatic carbocycles. The highest BCUT2D eigenvalue weighted by Gasteiger charge is 2.21. The maximum atomic E-state index is 12.3. The van der Waals surface area contributed by atoms with Gasteiger partial charge in [-0.05, 0) is 44.0 Å². The Kier molecular flexibility index (Phi) is 6.82. The summed E-state index contributed by atoms with van der Waals surface area (Å²) in [5.41, 5.74) is 0.890. The zero-order valence-electron chi connectivity index (χ0n) is 12.2. The molecular weight excluding hydrogens is 278 g/mol. The van der Waals surface area contributed by atoms with E-state index in [2.05, 4.69) is 0 Å². The fraction of sp³-hybridized carbons (Fsp3) is 0.533. The van der Waals surface area contributed by atoms with Crippen molar-refractivity contribution in [2.45, 2.75) is 33.3 Å². The lowest BCUT2D eigenvalue weighted by Crippen LogP contribution is -2.42. The molecule has 0 aliphatic carbocycles. The molecule has 112 valence electrons. The Morgan fingerprint density at radius 1 is 1.45 bits per heavy atom. The molecule has 1 unspecified atom stereocenters. The summed E-state index contributed by atoms with van der Waals surface area (Å²) in [5.74, 6) is 0.533. The molecule has 1 aromatic rings. The van der Waals surface area contributed by atoms with Crippen LogP contribution in [0.25, 0.3) is 0 Å². The minimum Gasteiger partial charge on any atom is -0.481 e. The van der Waals surface area contributed by atoms with Crippen LogP contribution in [0.2, 0.25) is 5.02 Å². The maximum absolute atomic E-state index is 12.3. The minimum absolute atomic E-state index is 0.0432. The highest BCUT2D eigenvalue weighted by molar-refractivity contribution is 6.30. The van der Waals surface area contributed by atoms with Gasteiger partial charge in [0.1, 0.15) is 5.75 Å². The SMILES string of the molecule is CCCN(CCO)C(=O)C(C)Oc1ccc(Cl)cc1C. The molecule has 20 heavy (non-hydrogen) atoms. The van der Waals surface area contributed by atoms with Crippen LogP contribution in [-0.2, 0) is 4.79 Å². The summed E-state index contributed by atoms with van der Waals surface area (Å²) in [6.07, 6.45) is 0.256. The molecule has 1 amide bonds. The molecule has 1 atom stereocenters. The number of carbonyl (C=O) groups excluding carboxylic acids is 1. The second kappa shape index (κ2) is 8.12. The monoisotopic (exact) mass is 299 g/mol. The predicted molar refractivity (Wildman–Crippen MR) is 80.2 cm³/mol. The Morgan fingerprint density at radius 3 is 2.70 bits per heavy atom. The van der Waals surface area contributed by atoms with Gasteiger partial charge in [-0.2, -0.15) is 0 Å². The Morgan fingerprint density at radius 2 is 2.15 bits per heavy atom. The van der Waals surface area contributed by atoms with E-state index in [1.807, 2.05) is 13.8 Å². The fourth-order valence-electron chi connectivity index (χ4n) is 1.97. The first-order valence-electron chi connectivity index (χ1n) is 6.82. The second-order valence-electron chi connectivity index (χ2n) is 4.72. The second-order valence-corrected chi connectivity index (χ2v) is 5.16. The summed E-state index contributed by atoms with van der Waals surface area (Å²) in [5, 5.41) is 9.65. The Labute approximate surface area is 125 Å². The molecule has 0 spiro atoms. The summed E-state index contributed by atoms with van der Waals surface area (Å²) in [6.45, 7) is 6.50. The van der Waals surface area contributed by atoms with Crippen molar-refractivity contribution in [1.29, 1.82) is 0 Å². The molecular formula is C15H22ClNO3. The maximum Gasteiger partial charge on any atom is 0.263 e. The summed E-state index contributed by atoms with van der Waals surface area (Å²) < 4.78 is 5.70. The van der Waals surface area contributed by atoms with Crippen molar-refractivity contribution in [3.8, 4) is 5.75 Å². The van der Waals surface area contributed by atoms with E-state index in [-0.39, 0.29) is 12.5 Å². The van der Waals surface area contributed by atoms with Crippen molar-refractivity contribution in [1.82, 2.24) is 4.90 Å². The number of aliphatic hydroxyl groups is 1. The average Bonchev–Trinajstić information content (AvgIpc) is 2.40. The molecule has 0 saturated heterocycles. The van der Waals surface area contributed by atoms with Gasteiger partial charge >= 0.3 is 0 Å². The number of carbonyl (C=O) groups is 1. The molecule has 0 saturated carbocycles. The van der Waals surface area contributed by atoms with Crippen LogP contribution in [-0.4, -0.2) is 41.7 Å². The minimum atomic E-state index is -0.590. The van der Waals surface area contributed by atoms with Crippen LogP contribution in [0.15, 0.2) is 18.2 Å². The van der Waals surface area contributed by atoms with E-state index in [0.29, 0.717) is 23.9 Å². The van der Waals surface area contributed by atoms with Gasteiger partial charge in [-0.1, -0.05) is 18.5 Å². The van der Waals surface area contributed by atoms with Crippen LogP contribution >= 0.6 is 11.6 Å². The normalized spacial score (nSPS) is 12.1. The number of aliphatic hydroxyl groups excluding tert-OH is 1. The van der Waals surface area contributed by atoms with Gasteiger partial charge in [0.05, 0.1) is 6.61 Å². The first kappa shape index (κ1) is 16.8. The van der Waals surface area contributed by atoms with Gasteiger partial charge in [0.15, 0.2) is 6.10 Å². The van der Waals surface area contributed by atoms with Crippen LogP contribution in [0.4, 0.5) is 0 Å². The number of benzene rings is 1. The van der Waals surface area contributed by atoms with E-state index >= 15 is 0 Å². The van der Waals surface area contributed by atoms with Gasteiger partial charge in [0.25, 0.3) is 5.91 Å². The number of ether oxygens (including phenoxy) is 1. The summed E-state index contributed by atoms with van der Waals surface area (Å²) in [4.78, 5) is 13.9. The van der Waals surface area contributed by atoms with E-state index in [1.165, 1.54) is 0 Å². The molecule has 0 heterocycles. The molecule has 0 aliphatic heterocycles. The van der Waals surface area contributed by atoms with Crippen molar-refractivity contribution < 1.29 is 14.6 Å². The molecule has 1 N–H and O–H groups in total. The van der Waals surface area contributed by atoms with Crippen molar-refractivity contribution in [3.05, 3.63) is 28.8 Å². The average molecular weight is 300 g/mol. The van der Waals surface area contributed by atoms with Gasteiger partial charge in [-0.15, -0.1) is 0 Å². The van der Waals surface area contributed by atoms with Crippen molar-refractivity contribution in [3.63, 3.8) is 0 Å². The molecule has 0 aromatic heterocycles. The Hall–Kier alpha value is -1.26. The van der Waals surface area contributed by atoms with Crippen LogP contribution in [0.3, 0.4) is 0 Å². The van der Waals surface area contributed by atoms with Crippen LogP contribution in [0.1, 0.15) is 25.8 Å². The van der Waals surface area contributed by atoms with Gasteiger partial charge in [-0.3, -0.25) is 4.79 Å². The van der Waals surface area contributed by atoms with Crippen LogP contribution in [0, 0.1) is 6.92 Å². The van der Waals surface area contributed by atoms with Gasteiger partial charge in [0.2, 0.25) is 0 Å². The number of amides is 1. The highest BCUT2D eigenvalue weighted by atomic mass is 35.5. The fourth-order valence-corrected chi connectivity index (χ4v) is 2.19. The lowest BCUT2D eigenvalue weighted by atomic mass is 10.2. The Balaban J connectivity index is 2.73. The summed E-state index contributed by atoms with van der Waals surface area (Å²) in [6, 6.07) is 5.29. The topological polar surface area (TPSA) is 49.8 Å². The number of halogens is 1. The van der Waals surface area contributed by atoms with E-state index in [4.69, 9.17) is 21.4 Å². The molecule has 0 aliphatic rings. The van der Waals surface area contributed by atoms with Crippen molar-refractivity contribution >= 4 is 17.5 Å². The smallest absolute Gasteiger partial charge is 0.263 e. The van der Waals surface area contributed by atoms with E-state index in [0.717, 1.165) is 12.0 Å². The third-order valence-corrected chi connectivity index (χ3v) is 3.20. The predicted octanol–water partition coefficient (Wildman–Crippen LogP) is 2.65. The van der Waals surface area contributed by atoms with E-state index in [9.17, 15) is 4.79 Å². The molecule has 0 radical (unpaired) electrons. The molecule has 0 bridgehead atoms. The largest absolute Gasteiger partial charge is 0.481 e. The number of rotatable bonds is 7. The van der Waals surface area contributed by atoms with Crippen LogP contribution < -0.4 is 4.74 Å². The van der Waals surface area contributed by atoms with Crippen molar-refractivity contribution in [2.24, 2.45) is 0 Å². The Bertz CT molecular complexity index is 445. The zero-order valence-corrected chi connectivity index (χ0v) is 13.0. The van der Waals surface area contributed by atoms with E-state index in [1.54, 1.807) is 30.0 Å². The number of nitrogens with zero attached hydrogens (tertiary/aromatic N) is 1. The van der Waals surface area contributed by atoms with Crippen LogP contribution in [0.5, 0.6) is 5.75 Å². The number of hydrogen-bond acceptors (Lipinski definition) is 3.